The minimum absolute atomic E-state index is 0.440. The molecule has 1 nitrogen and oxygen atoms in total. The van der Waals surface area contributed by atoms with E-state index in [2.05, 4.69) is 231 Å². The van der Waals surface area contributed by atoms with Crippen molar-refractivity contribution in [3.8, 4) is 67.1 Å². The molecule has 0 amide bonds. The topological polar surface area (TPSA) is 9.23 Å². The minimum Gasteiger partial charge on any atom is -0.456 e. The van der Waals surface area contributed by atoms with Crippen LogP contribution in [-0.2, 0) is 10.8 Å². The minimum atomic E-state index is -0.545. The van der Waals surface area contributed by atoms with Crippen LogP contribution in [-0.4, -0.2) is 0 Å². The van der Waals surface area contributed by atoms with Crippen molar-refractivity contribution in [3.63, 3.8) is 0 Å². The summed E-state index contributed by atoms with van der Waals surface area (Å²) >= 11 is 0. The second kappa shape index (κ2) is 12.7. The van der Waals surface area contributed by atoms with Crippen LogP contribution >= 0.6 is 0 Å². The molecule has 0 N–H and O–H groups in total. The number of para-hydroxylation sites is 1. The lowest BCUT2D eigenvalue weighted by atomic mass is 9.65. The van der Waals surface area contributed by atoms with Crippen molar-refractivity contribution in [3.05, 3.63) is 275 Å². The Morgan fingerprint density at radius 1 is 0.262 bits per heavy atom. The molecule has 65 heavy (non-hydrogen) atoms. The average Bonchev–Trinajstić information content (AvgIpc) is 3.97. The van der Waals surface area contributed by atoms with E-state index in [0.29, 0.717) is 0 Å². The molecule has 4 aliphatic rings. The van der Waals surface area contributed by atoms with Crippen LogP contribution in [0.2, 0.25) is 0 Å². The third-order valence-electron chi connectivity index (χ3n) is 15.4. The molecular weight excluding hydrogens is 785 g/mol. The number of hydrogen-bond acceptors (Lipinski definition) is 1. The van der Waals surface area contributed by atoms with E-state index in [1.165, 1.54) is 116 Å². The average molecular weight is 823 g/mol. The highest BCUT2D eigenvalue weighted by Crippen LogP contribution is 2.66. The van der Waals surface area contributed by atoms with Crippen molar-refractivity contribution < 1.29 is 4.74 Å². The Morgan fingerprint density at radius 2 is 0.738 bits per heavy atom. The van der Waals surface area contributed by atoms with Gasteiger partial charge in [0.25, 0.3) is 0 Å². The summed E-state index contributed by atoms with van der Waals surface area (Å²) in [7, 11) is 0. The summed E-state index contributed by atoms with van der Waals surface area (Å²) in [5, 5.41) is 4.88. The maximum Gasteiger partial charge on any atom is 0.140 e. The first-order chi connectivity index (χ1) is 32.2. The van der Waals surface area contributed by atoms with Gasteiger partial charge in [-0.15, -0.1) is 0 Å². The second-order valence-corrected chi connectivity index (χ2v) is 18.2. The maximum atomic E-state index is 7.04. The van der Waals surface area contributed by atoms with Crippen LogP contribution in [0.4, 0.5) is 0 Å². The summed E-state index contributed by atoms with van der Waals surface area (Å²) in [6.45, 7) is 0. The highest BCUT2D eigenvalue weighted by Gasteiger charge is 2.53. The summed E-state index contributed by atoms with van der Waals surface area (Å²) in [6.07, 6.45) is 0. The summed E-state index contributed by atoms with van der Waals surface area (Å²) in [5.41, 5.74) is 22.1. The van der Waals surface area contributed by atoms with Gasteiger partial charge in [0.2, 0.25) is 0 Å². The molecule has 0 bridgehead atoms. The van der Waals surface area contributed by atoms with Crippen molar-refractivity contribution >= 4 is 21.5 Å². The maximum absolute atomic E-state index is 7.04. The van der Waals surface area contributed by atoms with E-state index in [1.54, 1.807) is 0 Å². The molecule has 0 fully saturated rings. The quantitative estimate of drug-likeness (QED) is 0.169. The van der Waals surface area contributed by atoms with Gasteiger partial charge in [-0.3, -0.25) is 0 Å². The fraction of sp³-hybridized carbons (Fsp3) is 0.0312. The van der Waals surface area contributed by atoms with Crippen LogP contribution in [0, 0.1) is 0 Å². The Bertz CT molecular complexity index is 3810. The molecule has 0 saturated heterocycles. The van der Waals surface area contributed by atoms with E-state index < -0.39 is 10.8 Å². The smallest absolute Gasteiger partial charge is 0.140 e. The van der Waals surface area contributed by atoms with Crippen molar-refractivity contribution in [1.29, 1.82) is 0 Å². The van der Waals surface area contributed by atoms with Gasteiger partial charge in [0.1, 0.15) is 11.5 Å². The Hall–Kier alpha value is -8.26. The number of hydrogen-bond donors (Lipinski definition) is 0. The zero-order chi connectivity index (χ0) is 42.4. The molecule has 3 aliphatic carbocycles. The highest BCUT2D eigenvalue weighted by atomic mass is 16.5. The Labute approximate surface area is 377 Å². The molecule has 1 aliphatic heterocycles. The molecule has 1 heterocycles. The molecule has 2 spiro atoms. The SMILES string of the molecule is c1ccc2c(c1)Oc1c(cc(-c3ccc(-c4ccc5c(c4)C4(c6ccccc6-5)c5ccccc5-c5ccc6ccccc6c54)cc3)c3ccccc13)C21c2ccccc2-c2ccccc21. The molecule has 0 aromatic heterocycles. The normalized spacial score (nSPS) is 16.0. The molecule has 300 valence electrons. The van der Waals surface area contributed by atoms with Gasteiger partial charge in [-0.05, 0) is 123 Å². The van der Waals surface area contributed by atoms with E-state index in [0.717, 1.165) is 16.9 Å². The summed E-state index contributed by atoms with van der Waals surface area (Å²) in [6, 6.07) is 86.2. The van der Waals surface area contributed by atoms with Crippen LogP contribution in [0.5, 0.6) is 11.5 Å². The first-order valence-corrected chi connectivity index (χ1v) is 22.7. The first kappa shape index (κ1) is 35.2. The number of ether oxygens (including phenoxy) is 1. The molecule has 0 saturated carbocycles. The lowest BCUT2D eigenvalue weighted by Crippen LogP contribution is -2.32. The fourth-order valence-corrected chi connectivity index (χ4v) is 12.9. The van der Waals surface area contributed by atoms with Gasteiger partial charge in [-0.25, -0.2) is 0 Å². The van der Waals surface area contributed by atoms with Gasteiger partial charge < -0.3 is 4.74 Å². The number of fused-ring (bicyclic) bond motifs is 23. The van der Waals surface area contributed by atoms with Gasteiger partial charge in [0, 0.05) is 16.5 Å². The molecule has 1 atom stereocenters. The Balaban J connectivity index is 0.929. The van der Waals surface area contributed by atoms with Gasteiger partial charge in [-0.1, -0.05) is 212 Å². The number of rotatable bonds is 2. The third kappa shape index (κ3) is 4.33. The monoisotopic (exact) mass is 822 g/mol. The zero-order valence-corrected chi connectivity index (χ0v) is 35.3. The standard InChI is InChI=1S/C64H38O/c1-2-16-43-40(15-1)33-36-50-48-21-8-12-26-56(48)64(61(43)50)55-25-11-7-20-47(55)49-35-34-42(37-58(49)64)39-29-31-41(32-30-39)52-38-59-62(51-22-4-3-17-44(51)52)65-60-28-14-13-27-57(60)63(59)53-23-9-5-18-45(53)46-19-6-10-24-54(46)63/h1-38H. The second-order valence-electron chi connectivity index (χ2n) is 18.2. The molecule has 0 radical (unpaired) electrons. The first-order valence-electron chi connectivity index (χ1n) is 22.7. The predicted molar refractivity (Wildman–Crippen MR) is 266 cm³/mol. The van der Waals surface area contributed by atoms with E-state index in [9.17, 15) is 0 Å². The largest absolute Gasteiger partial charge is 0.456 e. The van der Waals surface area contributed by atoms with E-state index in [4.69, 9.17) is 4.74 Å². The molecule has 1 unspecified atom stereocenters. The predicted octanol–water partition coefficient (Wildman–Crippen LogP) is 16.1. The van der Waals surface area contributed by atoms with Crippen LogP contribution in [0.25, 0.3) is 77.2 Å². The molecule has 1 heteroatoms. The summed E-state index contributed by atoms with van der Waals surface area (Å²) in [5.74, 6) is 1.84. The van der Waals surface area contributed by atoms with Crippen molar-refractivity contribution in [2.24, 2.45) is 0 Å². The van der Waals surface area contributed by atoms with Crippen LogP contribution < -0.4 is 4.74 Å². The third-order valence-corrected chi connectivity index (χ3v) is 15.4. The van der Waals surface area contributed by atoms with E-state index in [1.807, 2.05) is 0 Å². The molecule has 15 rings (SSSR count). The van der Waals surface area contributed by atoms with E-state index >= 15 is 0 Å². The van der Waals surface area contributed by atoms with Crippen LogP contribution in [0.15, 0.2) is 231 Å². The van der Waals surface area contributed by atoms with Crippen molar-refractivity contribution in [2.45, 2.75) is 10.8 Å². The van der Waals surface area contributed by atoms with Gasteiger partial charge >= 0.3 is 0 Å². The lowest BCUT2D eigenvalue weighted by molar-refractivity contribution is 0.442. The Morgan fingerprint density at radius 3 is 1.42 bits per heavy atom. The fourth-order valence-electron chi connectivity index (χ4n) is 12.9. The summed E-state index contributed by atoms with van der Waals surface area (Å²) in [4.78, 5) is 0. The van der Waals surface area contributed by atoms with E-state index in [-0.39, 0.29) is 0 Å². The van der Waals surface area contributed by atoms with Crippen molar-refractivity contribution in [2.75, 3.05) is 0 Å². The van der Waals surface area contributed by atoms with Gasteiger partial charge in [-0.2, -0.15) is 0 Å². The lowest BCUT2D eigenvalue weighted by Gasteiger charge is -2.40. The van der Waals surface area contributed by atoms with Crippen LogP contribution in [0.1, 0.15) is 44.5 Å². The molecule has 11 aromatic rings. The molecule has 11 aromatic carbocycles. The zero-order valence-electron chi connectivity index (χ0n) is 35.3. The van der Waals surface area contributed by atoms with Crippen LogP contribution in [0.3, 0.4) is 0 Å². The Kier molecular flexibility index (Phi) is 6.88. The number of benzene rings is 11. The molecular formula is C64H38O. The van der Waals surface area contributed by atoms with Gasteiger partial charge in [0.15, 0.2) is 0 Å². The van der Waals surface area contributed by atoms with Crippen molar-refractivity contribution in [1.82, 2.24) is 0 Å². The summed E-state index contributed by atoms with van der Waals surface area (Å²) < 4.78 is 7.04. The highest BCUT2D eigenvalue weighted by molar-refractivity contribution is 6.06. The van der Waals surface area contributed by atoms with Gasteiger partial charge in [0.05, 0.1) is 10.8 Å².